The van der Waals surface area contributed by atoms with Gasteiger partial charge in [0.05, 0.1) is 28.6 Å². The van der Waals surface area contributed by atoms with Crippen LogP contribution in [0.15, 0.2) is 35.9 Å². The maximum atomic E-state index is 13.3. The smallest absolute Gasteiger partial charge is 0.270 e. The zero-order chi connectivity index (χ0) is 23.0. The van der Waals surface area contributed by atoms with E-state index in [0.29, 0.717) is 37.4 Å². The summed E-state index contributed by atoms with van der Waals surface area (Å²) in [4.78, 5) is 36.5. The van der Waals surface area contributed by atoms with Gasteiger partial charge in [-0.25, -0.2) is 0 Å². The first kappa shape index (κ1) is 20.7. The molecular formula is C21H13N5O6. The summed E-state index contributed by atoms with van der Waals surface area (Å²) in [5, 5.41) is 41.9. The van der Waals surface area contributed by atoms with Crippen LogP contribution in [-0.2, 0) is 4.74 Å². The highest BCUT2D eigenvalue weighted by Crippen LogP contribution is 2.49. The first-order valence-corrected chi connectivity index (χ1v) is 9.40. The molecule has 0 radical (unpaired) electrons. The van der Waals surface area contributed by atoms with Gasteiger partial charge >= 0.3 is 0 Å². The third kappa shape index (κ3) is 3.23. The first-order valence-electron chi connectivity index (χ1n) is 9.40. The molecule has 0 bridgehead atoms. The maximum Gasteiger partial charge on any atom is 0.270 e. The number of amides is 1. The Bertz CT molecular complexity index is 1300. The van der Waals surface area contributed by atoms with Crippen molar-refractivity contribution in [1.29, 1.82) is 10.5 Å². The summed E-state index contributed by atoms with van der Waals surface area (Å²) in [6, 6.07) is 9.71. The van der Waals surface area contributed by atoms with Crippen LogP contribution in [0.3, 0.4) is 0 Å². The number of morpholine rings is 1. The van der Waals surface area contributed by atoms with Gasteiger partial charge in [-0.05, 0) is 22.8 Å². The van der Waals surface area contributed by atoms with Crippen LogP contribution in [0.4, 0.5) is 11.4 Å². The molecule has 0 aromatic heterocycles. The van der Waals surface area contributed by atoms with Crippen LogP contribution >= 0.6 is 0 Å². The van der Waals surface area contributed by atoms with Crippen molar-refractivity contribution in [3.8, 4) is 23.3 Å². The largest absolute Gasteiger partial charge is 0.378 e. The van der Waals surface area contributed by atoms with Crippen LogP contribution < -0.4 is 0 Å². The number of fused-ring (bicyclic) bond motifs is 3. The summed E-state index contributed by atoms with van der Waals surface area (Å²) in [5.74, 6) is -0.464. The van der Waals surface area contributed by atoms with Gasteiger partial charge in [0.1, 0.15) is 17.7 Å². The average Bonchev–Trinajstić information content (AvgIpc) is 3.13. The number of benzene rings is 2. The van der Waals surface area contributed by atoms with Crippen LogP contribution in [0.1, 0.15) is 21.5 Å². The van der Waals surface area contributed by atoms with Crippen molar-refractivity contribution in [3.05, 3.63) is 72.8 Å². The second-order valence-corrected chi connectivity index (χ2v) is 7.04. The van der Waals surface area contributed by atoms with Crippen molar-refractivity contribution in [3.63, 3.8) is 0 Å². The number of hydrogen-bond donors (Lipinski definition) is 0. The summed E-state index contributed by atoms with van der Waals surface area (Å²) in [6.45, 7) is 1.25. The van der Waals surface area contributed by atoms with Gasteiger partial charge in [-0.15, -0.1) is 0 Å². The lowest BCUT2D eigenvalue weighted by Crippen LogP contribution is -2.40. The van der Waals surface area contributed by atoms with E-state index in [1.54, 1.807) is 12.1 Å². The van der Waals surface area contributed by atoms with Gasteiger partial charge in [-0.3, -0.25) is 25.0 Å². The molecule has 0 atom stereocenters. The van der Waals surface area contributed by atoms with E-state index in [9.17, 15) is 35.5 Å². The molecule has 1 aliphatic heterocycles. The number of non-ortho nitro benzene ring substituents is 2. The third-order valence-electron chi connectivity index (χ3n) is 5.36. The van der Waals surface area contributed by atoms with E-state index in [2.05, 4.69) is 0 Å². The Kier molecular flexibility index (Phi) is 5.10. The number of rotatable bonds is 3. The normalized spacial score (nSPS) is 14.1. The van der Waals surface area contributed by atoms with E-state index in [-0.39, 0.29) is 33.5 Å². The minimum Gasteiger partial charge on any atom is -0.378 e. The molecule has 2 aliphatic rings. The first-order chi connectivity index (χ1) is 15.4. The molecule has 1 amide bonds. The quantitative estimate of drug-likeness (QED) is 0.347. The average molecular weight is 431 g/mol. The summed E-state index contributed by atoms with van der Waals surface area (Å²) >= 11 is 0. The van der Waals surface area contributed by atoms with Crippen molar-refractivity contribution >= 4 is 22.9 Å². The minimum absolute atomic E-state index is 0.0245. The fourth-order valence-electron chi connectivity index (χ4n) is 3.95. The van der Waals surface area contributed by atoms with Gasteiger partial charge in [0.25, 0.3) is 17.3 Å². The predicted octanol–water partition coefficient (Wildman–Crippen LogP) is 2.80. The van der Waals surface area contributed by atoms with Gasteiger partial charge in [0, 0.05) is 48.5 Å². The van der Waals surface area contributed by atoms with Gasteiger partial charge in [-0.2, -0.15) is 10.5 Å². The molecule has 0 unspecified atom stereocenters. The van der Waals surface area contributed by atoms with Crippen LogP contribution in [0.2, 0.25) is 0 Å². The molecule has 2 aromatic rings. The predicted molar refractivity (Wildman–Crippen MR) is 109 cm³/mol. The van der Waals surface area contributed by atoms with Crippen molar-refractivity contribution in [2.75, 3.05) is 26.3 Å². The lowest BCUT2D eigenvalue weighted by molar-refractivity contribution is -0.385. The summed E-state index contributed by atoms with van der Waals surface area (Å²) in [6.07, 6.45) is 0. The van der Waals surface area contributed by atoms with Crippen molar-refractivity contribution in [2.24, 2.45) is 0 Å². The molecule has 1 fully saturated rings. The Labute approximate surface area is 180 Å². The minimum atomic E-state index is -0.669. The van der Waals surface area contributed by atoms with E-state index in [0.717, 1.165) is 6.07 Å². The lowest BCUT2D eigenvalue weighted by Gasteiger charge is -2.27. The van der Waals surface area contributed by atoms with Crippen molar-refractivity contribution < 1.29 is 19.4 Å². The van der Waals surface area contributed by atoms with Crippen LogP contribution in [0, 0.1) is 42.9 Å². The fraction of sp³-hybridized carbons (Fsp3) is 0.190. The number of nitro benzene ring substituents is 2. The molecule has 1 saturated heterocycles. The molecular weight excluding hydrogens is 418 g/mol. The molecule has 0 N–H and O–H groups in total. The topological polar surface area (TPSA) is 163 Å². The number of allylic oxidation sites excluding steroid dienone is 1. The molecule has 2 aromatic carbocycles. The molecule has 1 aliphatic carbocycles. The standard InChI is InChI=1S/C21H13N5O6/c22-10-12(11-23)19-16-7-13(25(28)29)1-2-15(16)20-17(19)8-14(26(30)31)9-18(20)21(27)24-3-5-32-6-4-24/h1-2,7-9H,3-6H2. The zero-order valence-electron chi connectivity index (χ0n) is 16.4. The van der Waals surface area contributed by atoms with E-state index in [4.69, 9.17) is 4.74 Å². The van der Waals surface area contributed by atoms with Crippen molar-refractivity contribution in [1.82, 2.24) is 4.90 Å². The highest BCUT2D eigenvalue weighted by molar-refractivity contribution is 6.12. The molecule has 0 spiro atoms. The zero-order valence-corrected chi connectivity index (χ0v) is 16.4. The Balaban J connectivity index is 2.07. The number of carbonyl (C=O) groups is 1. The summed E-state index contributed by atoms with van der Waals surface area (Å²) in [7, 11) is 0. The highest BCUT2D eigenvalue weighted by Gasteiger charge is 2.35. The highest BCUT2D eigenvalue weighted by atomic mass is 16.6. The Morgan fingerprint density at radius 3 is 2.16 bits per heavy atom. The van der Waals surface area contributed by atoms with Gasteiger partial charge in [0.2, 0.25) is 0 Å². The van der Waals surface area contributed by atoms with E-state index in [1.807, 2.05) is 0 Å². The second kappa shape index (κ2) is 7.91. The second-order valence-electron chi connectivity index (χ2n) is 7.04. The molecule has 11 nitrogen and oxygen atoms in total. The number of carbonyl (C=O) groups excluding carboxylic acids is 1. The SMILES string of the molecule is N#CC(C#N)=C1c2cc([N+](=O)[O-])ccc2-c2c(C(=O)N3CCOCC3)cc([N+](=O)[O-])cc21. The summed E-state index contributed by atoms with van der Waals surface area (Å²) in [5.41, 5.74) is 0.0455. The number of hydrogen-bond acceptors (Lipinski definition) is 8. The van der Waals surface area contributed by atoms with E-state index >= 15 is 0 Å². The van der Waals surface area contributed by atoms with Gasteiger partial charge in [-0.1, -0.05) is 0 Å². The van der Waals surface area contributed by atoms with Gasteiger partial charge in [0.15, 0.2) is 0 Å². The molecule has 32 heavy (non-hydrogen) atoms. The van der Waals surface area contributed by atoms with Crippen LogP contribution in [-0.4, -0.2) is 47.0 Å². The Morgan fingerprint density at radius 1 is 0.938 bits per heavy atom. The Hall–Kier alpha value is -4.61. The summed E-state index contributed by atoms with van der Waals surface area (Å²) < 4.78 is 5.26. The third-order valence-corrected chi connectivity index (χ3v) is 5.36. The monoisotopic (exact) mass is 431 g/mol. The molecule has 0 saturated carbocycles. The van der Waals surface area contributed by atoms with Gasteiger partial charge < -0.3 is 9.64 Å². The number of nitro groups is 2. The molecule has 1 heterocycles. The van der Waals surface area contributed by atoms with Crippen LogP contribution in [0.5, 0.6) is 0 Å². The molecule has 11 heteroatoms. The lowest BCUT2D eigenvalue weighted by atomic mass is 9.95. The number of nitriles is 2. The van der Waals surface area contributed by atoms with Crippen LogP contribution in [0.25, 0.3) is 16.7 Å². The molecule has 158 valence electrons. The Morgan fingerprint density at radius 2 is 1.56 bits per heavy atom. The van der Waals surface area contributed by atoms with Crippen molar-refractivity contribution in [2.45, 2.75) is 0 Å². The fourth-order valence-corrected chi connectivity index (χ4v) is 3.95. The maximum absolute atomic E-state index is 13.3. The number of ether oxygens (including phenoxy) is 1. The molecule has 4 rings (SSSR count). The van der Waals surface area contributed by atoms with E-state index in [1.165, 1.54) is 29.2 Å². The number of nitrogens with zero attached hydrogens (tertiary/aromatic N) is 5. The van der Waals surface area contributed by atoms with E-state index < -0.39 is 21.4 Å².